The molecule has 3 nitrogen and oxygen atoms in total. The van der Waals surface area contributed by atoms with E-state index in [1.165, 1.54) is 0 Å². The molecule has 1 rings (SSSR count). The molecule has 0 amide bonds. The average Bonchev–Trinajstić information content (AvgIpc) is 2.08. The van der Waals surface area contributed by atoms with E-state index in [-0.39, 0.29) is 6.54 Å². The van der Waals surface area contributed by atoms with Crippen molar-refractivity contribution in [1.29, 1.82) is 0 Å². The second-order valence-electron chi connectivity index (χ2n) is 2.57. The summed E-state index contributed by atoms with van der Waals surface area (Å²) in [4.78, 5) is 4.08. The fourth-order valence-electron chi connectivity index (χ4n) is 0.905. The number of pyridine rings is 1. The van der Waals surface area contributed by atoms with Crippen molar-refractivity contribution in [3.8, 4) is 0 Å². The van der Waals surface area contributed by atoms with E-state index in [0.717, 1.165) is 5.69 Å². The summed E-state index contributed by atoms with van der Waals surface area (Å²) in [5.41, 5.74) is 6.55. The minimum absolute atomic E-state index is 0.135. The molecule has 0 saturated carbocycles. The van der Waals surface area contributed by atoms with Gasteiger partial charge in [0.2, 0.25) is 0 Å². The van der Waals surface area contributed by atoms with E-state index >= 15 is 0 Å². The third-order valence-electron chi connectivity index (χ3n) is 1.55. The molecule has 0 aliphatic rings. The lowest BCUT2D eigenvalue weighted by Gasteiger charge is -2.09. The van der Waals surface area contributed by atoms with Gasteiger partial charge in [-0.3, -0.25) is 4.98 Å². The van der Waals surface area contributed by atoms with Crippen molar-refractivity contribution in [3.05, 3.63) is 28.5 Å². The monoisotopic (exact) mass is 186 g/mol. The van der Waals surface area contributed by atoms with Crippen LogP contribution in [0.25, 0.3) is 0 Å². The maximum atomic E-state index is 9.36. The van der Waals surface area contributed by atoms with Gasteiger partial charge < -0.3 is 10.8 Å². The van der Waals surface area contributed by atoms with Gasteiger partial charge >= 0.3 is 0 Å². The van der Waals surface area contributed by atoms with Gasteiger partial charge in [-0.1, -0.05) is 11.6 Å². The van der Waals surface area contributed by atoms with Crippen LogP contribution >= 0.6 is 11.6 Å². The number of nitrogens with two attached hydrogens (primary N) is 1. The molecular weight excluding hydrogens is 176 g/mol. The standard InChI is InChI=1S/C8H11ClN2O/c1-5-2-3-6(9)8(11-5)7(12)4-10/h2-3,7,12H,4,10H2,1H3. The van der Waals surface area contributed by atoms with Crippen LogP contribution in [-0.2, 0) is 0 Å². The number of nitrogens with zero attached hydrogens (tertiary/aromatic N) is 1. The lowest BCUT2D eigenvalue weighted by molar-refractivity contribution is 0.182. The van der Waals surface area contributed by atoms with E-state index in [1.807, 2.05) is 6.92 Å². The van der Waals surface area contributed by atoms with Crippen LogP contribution in [0.5, 0.6) is 0 Å². The molecule has 4 heteroatoms. The van der Waals surface area contributed by atoms with Crippen LogP contribution in [0.2, 0.25) is 5.02 Å². The third-order valence-corrected chi connectivity index (χ3v) is 1.87. The highest BCUT2D eigenvalue weighted by atomic mass is 35.5. The second-order valence-corrected chi connectivity index (χ2v) is 2.98. The summed E-state index contributed by atoms with van der Waals surface area (Å²) in [5.74, 6) is 0. The van der Waals surface area contributed by atoms with Gasteiger partial charge in [-0.15, -0.1) is 0 Å². The Balaban J connectivity index is 3.04. The highest BCUT2D eigenvalue weighted by Gasteiger charge is 2.10. The quantitative estimate of drug-likeness (QED) is 0.726. The highest BCUT2D eigenvalue weighted by molar-refractivity contribution is 6.31. The zero-order valence-electron chi connectivity index (χ0n) is 6.79. The topological polar surface area (TPSA) is 59.1 Å². The lowest BCUT2D eigenvalue weighted by atomic mass is 10.2. The summed E-state index contributed by atoms with van der Waals surface area (Å²) < 4.78 is 0. The number of rotatable bonds is 2. The Morgan fingerprint density at radius 1 is 1.67 bits per heavy atom. The first kappa shape index (κ1) is 9.45. The number of aryl methyl sites for hydroxylation is 1. The van der Waals surface area contributed by atoms with Crippen molar-refractivity contribution >= 4 is 11.6 Å². The number of halogens is 1. The Hall–Kier alpha value is -0.640. The molecule has 1 atom stereocenters. The van der Waals surface area contributed by atoms with E-state index in [0.29, 0.717) is 10.7 Å². The average molecular weight is 187 g/mol. The zero-order chi connectivity index (χ0) is 9.14. The Labute approximate surface area is 76.2 Å². The number of aliphatic hydroxyl groups excluding tert-OH is 1. The first-order valence-corrected chi connectivity index (χ1v) is 4.04. The summed E-state index contributed by atoms with van der Waals surface area (Å²) in [6.45, 7) is 1.97. The fraction of sp³-hybridized carbons (Fsp3) is 0.375. The van der Waals surface area contributed by atoms with Crippen molar-refractivity contribution < 1.29 is 5.11 Å². The van der Waals surface area contributed by atoms with Crippen molar-refractivity contribution in [3.63, 3.8) is 0 Å². The molecule has 0 radical (unpaired) electrons. The van der Waals surface area contributed by atoms with Crippen LogP contribution in [0.15, 0.2) is 12.1 Å². The minimum atomic E-state index is -0.766. The van der Waals surface area contributed by atoms with Crippen LogP contribution in [0, 0.1) is 6.92 Å². The van der Waals surface area contributed by atoms with E-state index in [2.05, 4.69) is 4.98 Å². The number of hydrogen-bond donors (Lipinski definition) is 2. The molecule has 0 bridgehead atoms. The van der Waals surface area contributed by atoms with Crippen LogP contribution in [0.1, 0.15) is 17.5 Å². The van der Waals surface area contributed by atoms with Crippen LogP contribution in [0.4, 0.5) is 0 Å². The molecule has 0 aliphatic carbocycles. The molecule has 0 spiro atoms. The normalized spacial score (nSPS) is 13.0. The summed E-state index contributed by atoms with van der Waals surface area (Å²) >= 11 is 5.79. The maximum Gasteiger partial charge on any atom is 0.110 e. The summed E-state index contributed by atoms with van der Waals surface area (Å²) in [6, 6.07) is 3.49. The van der Waals surface area contributed by atoms with E-state index in [4.69, 9.17) is 17.3 Å². The Kier molecular flexibility index (Phi) is 3.03. The van der Waals surface area contributed by atoms with Crippen LogP contribution < -0.4 is 5.73 Å². The predicted molar refractivity (Wildman–Crippen MR) is 48.0 cm³/mol. The molecule has 3 N–H and O–H groups in total. The van der Waals surface area contributed by atoms with Gasteiger partial charge in [-0.25, -0.2) is 0 Å². The lowest BCUT2D eigenvalue weighted by Crippen LogP contribution is -2.13. The molecule has 0 aliphatic heterocycles. The van der Waals surface area contributed by atoms with Gasteiger partial charge in [-0.05, 0) is 19.1 Å². The molecule has 1 aromatic rings. The van der Waals surface area contributed by atoms with Gasteiger partial charge in [0.05, 0.1) is 10.7 Å². The predicted octanol–water partition coefficient (Wildman–Crippen LogP) is 1.04. The third kappa shape index (κ3) is 1.94. The van der Waals surface area contributed by atoms with Crippen molar-refractivity contribution in [2.75, 3.05) is 6.54 Å². The number of hydrogen-bond acceptors (Lipinski definition) is 3. The SMILES string of the molecule is Cc1ccc(Cl)c(C(O)CN)n1. The Morgan fingerprint density at radius 2 is 2.33 bits per heavy atom. The molecule has 0 fully saturated rings. The van der Waals surface area contributed by atoms with Crippen LogP contribution in [-0.4, -0.2) is 16.6 Å². The molecule has 66 valence electrons. The van der Waals surface area contributed by atoms with E-state index in [1.54, 1.807) is 12.1 Å². The number of aliphatic hydroxyl groups is 1. The Bertz CT molecular complexity index is 278. The number of aromatic nitrogens is 1. The smallest absolute Gasteiger partial charge is 0.110 e. The molecule has 1 aromatic heterocycles. The van der Waals surface area contributed by atoms with E-state index < -0.39 is 6.10 Å². The first-order chi connectivity index (χ1) is 5.65. The highest BCUT2D eigenvalue weighted by Crippen LogP contribution is 2.19. The van der Waals surface area contributed by atoms with E-state index in [9.17, 15) is 5.11 Å². The molecule has 0 aromatic carbocycles. The van der Waals surface area contributed by atoms with Crippen LogP contribution in [0.3, 0.4) is 0 Å². The molecule has 0 saturated heterocycles. The van der Waals surface area contributed by atoms with Gasteiger partial charge in [0.1, 0.15) is 6.10 Å². The molecule has 1 unspecified atom stereocenters. The Morgan fingerprint density at radius 3 is 2.92 bits per heavy atom. The second kappa shape index (κ2) is 3.85. The van der Waals surface area contributed by atoms with Gasteiger partial charge in [0.25, 0.3) is 0 Å². The van der Waals surface area contributed by atoms with Gasteiger partial charge in [-0.2, -0.15) is 0 Å². The largest absolute Gasteiger partial charge is 0.385 e. The molecule has 12 heavy (non-hydrogen) atoms. The van der Waals surface area contributed by atoms with Gasteiger partial charge in [0, 0.05) is 12.2 Å². The van der Waals surface area contributed by atoms with Crippen molar-refractivity contribution in [2.45, 2.75) is 13.0 Å². The summed E-state index contributed by atoms with van der Waals surface area (Å²) in [5, 5.41) is 9.82. The van der Waals surface area contributed by atoms with Gasteiger partial charge in [0.15, 0.2) is 0 Å². The summed E-state index contributed by atoms with van der Waals surface area (Å²) in [6.07, 6.45) is -0.766. The summed E-state index contributed by atoms with van der Waals surface area (Å²) in [7, 11) is 0. The molecule has 1 heterocycles. The fourth-order valence-corrected chi connectivity index (χ4v) is 1.14. The molecular formula is C8H11ClN2O. The van der Waals surface area contributed by atoms with Crippen molar-refractivity contribution in [1.82, 2.24) is 4.98 Å². The zero-order valence-corrected chi connectivity index (χ0v) is 7.54. The van der Waals surface area contributed by atoms with Crippen molar-refractivity contribution in [2.24, 2.45) is 5.73 Å². The maximum absolute atomic E-state index is 9.36. The minimum Gasteiger partial charge on any atom is -0.385 e. The first-order valence-electron chi connectivity index (χ1n) is 3.66.